The van der Waals surface area contributed by atoms with Crippen LogP contribution in [0.1, 0.15) is 24.1 Å². The predicted molar refractivity (Wildman–Crippen MR) is 94.4 cm³/mol. The lowest BCUT2D eigenvalue weighted by molar-refractivity contribution is -0.144. The lowest BCUT2D eigenvalue weighted by atomic mass is 10.1. The van der Waals surface area contributed by atoms with E-state index in [4.69, 9.17) is 16.3 Å². The van der Waals surface area contributed by atoms with Gasteiger partial charge in [-0.15, -0.1) is 0 Å². The van der Waals surface area contributed by atoms with Gasteiger partial charge in [-0.2, -0.15) is 0 Å². The number of carbonyl (C=O) groups is 2. The number of amides is 1. The Morgan fingerprint density at radius 2 is 1.79 bits per heavy atom. The van der Waals surface area contributed by atoms with Crippen molar-refractivity contribution in [2.24, 2.45) is 0 Å². The highest BCUT2D eigenvalue weighted by atomic mass is 35.5. The van der Waals surface area contributed by atoms with Crippen molar-refractivity contribution in [2.75, 3.05) is 6.61 Å². The summed E-state index contributed by atoms with van der Waals surface area (Å²) < 4.78 is 4.92. The molecular formula is C19H18ClNO3. The summed E-state index contributed by atoms with van der Waals surface area (Å²) in [6.45, 7) is 1.55. The van der Waals surface area contributed by atoms with Gasteiger partial charge < -0.3 is 10.1 Å². The molecule has 0 fully saturated rings. The number of ether oxygens (including phenoxy) is 1. The zero-order valence-corrected chi connectivity index (χ0v) is 14.0. The van der Waals surface area contributed by atoms with E-state index in [2.05, 4.69) is 5.32 Å². The summed E-state index contributed by atoms with van der Waals surface area (Å²) in [5, 5.41) is 3.40. The Hall–Kier alpha value is -2.59. The van der Waals surface area contributed by atoms with Gasteiger partial charge in [0.25, 0.3) is 5.91 Å². The third-order valence-corrected chi connectivity index (χ3v) is 3.56. The van der Waals surface area contributed by atoms with E-state index in [0.29, 0.717) is 5.02 Å². The largest absolute Gasteiger partial charge is 0.452 e. The van der Waals surface area contributed by atoms with E-state index in [9.17, 15) is 9.59 Å². The first kappa shape index (κ1) is 17.8. The summed E-state index contributed by atoms with van der Waals surface area (Å²) in [6, 6.07) is 16.4. The Morgan fingerprint density at radius 1 is 1.12 bits per heavy atom. The van der Waals surface area contributed by atoms with Crippen molar-refractivity contribution in [3.8, 4) is 0 Å². The van der Waals surface area contributed by atoms with Crippen LogP contribution >= 0.6 is 11.6 Å². The molecule has 0 radical (unpaired) electrons. The van der Waals surface area contributed by atoms with Gasteiger partial charge in [0.1, 0.15) is 0 Å². The summed E-state index contributed by atoms with van der Waals surface area (Å²) in [5.74, 6) is -0.924. The molecular weight excluding hydrogens is 326 g/mol. The van der Waals surface area contributed by atoms with E-state index in [0.717, 1.165) is 11.1 Å². The van der Waals surface area contributed by atoms with Crippen LogP contribution in [0.25, 0.3) is 6.08 Å². The normalized spacial score (nSPS) is 11.9. The van der Waals surface area contributed by atoms with Crippen LogP contribution in [0.3, 0.4) is 0 Å². The lowest BCUT2D eigenvalue weighted by Crippen LogP contribution is -2.30. The van der Waals surface area contributed by atoms with Crippen molar-refractivity contribution >= 4 is 29.6 Å². The molecule has 0 aromatic heterocycles. The summed E-state index contributed by atoms with van der Waals surface area (Å²) >= 11 is 5.78. The highest BCUT2D eigenvalue weighted by molar-refractivity contribution is 6.30. The summed E-state index contributed by atoms with van der Waals surface area (Å²) in [7, 11) is 0. The first-order chi connectivity index (χ1) is 11.5. The van der Waals surface area contributed by atoms with Crippen molar-refractivity contribution in [3.63, 3.8) is 0 Å². The van der Waals surface area contributed by atoms with Crippen molar-refractivity contribution in [3.05, 3.63) is 76.8 Å². The molecule has 2 rings (SSSR count). The van der Waals surface area contributed by atoms with E-state index in [1.807, 2.05) is 37.3 Å². The maximum absolute atomic E-state index is 11.8. The summed E-state index contributed by atoms with van der Waals surface area (Å²) in [4.78, 5) is 23.4. The minimum atomic E-state index is -0.576. The number of halogens is 1. The maximum Gasteiger partial charge on any atom is 0.331 e. The van der Waals surface area contributed by atoms with Crippen molar-refractivity contribution in [1.29, 1.82) is 0 Å². The number of hydrogen-bond donors (Lipinski definition) is 1. The monoisotopic (exact) mass is 343 g/mol. The fraction of sp³-hybridized carbons (Fsp3) is 0.158. The molecule has 1 N–H and O–H groups in total. The van der Waals surface area contributed by atoms with Gasteiger partial charge in [0.2, 0.25) is 0 Å². The Bertz CT molecular complexity index is 711. The smallest absolute Gasteiger partial charge is 0.331 e. The molecule has 4 nitrogen and oxygen atoms in total. The number of nitrogens with one attached hydrogen (secondary N) is 1. The van der Waals surface area contributed by atoms with E-state index >= 15 is 0 Å². The molecule has 1 unspecified atom stereocenters. The lowest BCUT2D eigenvalue weighted by Gasteiger charge is -2.13. The Kier molecular flexibility index (Phi) is 6.58. The average Bonchev–Trinajstić information content (AvgIpc) is 2.60. The number of rotatable bonds is 6. The van der Waals surface area contributed by atoms with Crippen LogP contribution in [0.4, 0.5) is 0 Å². The first-order valence-electron chi connectivity index (χ1n) is 7.49. The molecule has 2 aromatic carbocycles. The molecule has 124 valence electrons. The van der Waals surface area contributed by atoms with E-state index in [1.165, 1.54) is 6.08 Å². The van der Waals surface area contributed by atoms with Crippen molar-refractivity contribution in [2.45, 2.75) is 13.0 Å². The van der Waals surface area contributed by atoms with Gasteiger partial charge in [-0.25, -0.2) is 4.79 Å². The molecule has 1 amide bonds. The fourth-order valence-electron chi connectivity index (χ4n) is 2.03. The number of benzene rings is 2. The van der Waals surface area contributed by atoms with Gasteiger partial charge in [-0.1, -0.05) is 54.1 Å². The van der Waals surface area contributed by atoms with Crippen LogP contribution in [0.5, 0.6) is 0 Å². The summed E-state index contributed by atoms with van der Waals surface area (Å²) in [5.41, 5.74) is 1.80. The van der Waals surface area contributed by atoms with Gasteiger partial charge in [0, 0.05) is 11.1 Å². The van der Waals surface area contributed by atoms with Gasteiger partial charge >= 0.3 is 5.97 Å². The van der Waals surface area contributed by atoms with Gasteiger partial charge in [-0.3, -0.25) is 4.79 Å². The quantitative estimate of drug-likeness (QED) is 0.641. The molecule has 0 heterocycles. The molecule has 0 bridgehead atoms. The van der Waals surface area contributed by atoms with Crippen molar-refractivity contribution < 1.29 is 14.3 Å². The molecule has 0 spiro atoms. The zero-order chi connectivity index (χ0) is 17.4. The van der Waals surface area contributed by atoms with E-state index in [-0.39, 0.29) is 18.6 Å². The molecule has 0 saturated carbocycles. The average molecular weight is 344 g/mol. The second-order valence-electron chi connectivity index (χ2n) is 5.19. The Balaban J connectivity index is 1.76. The zero-order valence-electron chi connectivity index (χ0n) is 13.2. The predicted octanol–water partition coefficient (Wildman–Crippen LogP) is 3.77. The Morgan fingerprint density at radius 3 is 2.46 bits per heavy atom. The number of esters is 1. The molecule has 24 heavy (non-hydrogen) atoms. The van der Waals surface area contributed by atoms with E-state index in [1.54, 1.807) is 30.3 Å². The minimum Gasteiger partial charge on any atom is -0.452 e. The van der Waals surface area contributed by atoms with Crippen LogP contribution in [-0.4, -0.2) is 18.5 Å². The van der Waals surface area contributed by atoms with Gasteiger partial charge in [0.15, 0.2) is 6.61 Å². The molecule has 0 saturated heterocycles. The molecule has 0 aliphatic carbocycles. The van der Waals surface area contributed by atoms with Crippen LogP contribution in [0.15, 0.2) is 60.7 Å². The topological polar surface area (TPSA) is 55.4 Å². The van der Waals surface area contributed by atoms with Gasteiger partial charge in [-0.05, 0) is 36.3 Å². The summed E-state index contributed by atoms with van der Waals surface area (Å²) in [6.07, 6.45) is 2.88. The standard InChI is InChI=1S/C19H18ClNO3/c1-14(16-5-3-2-4-6-16)21-18(22)13-24-19(23)12-9-15-7-10-17(20)11-8-15/h2-12,14H,13H2,1H3,(H,21,22). The molecule has 2 aromatic rings. The van der Waals surface area contributed by atoms with Crippen LogP contribution in [0.2, 0.25) is 5.02 Å². The van der Waals surface area contributed by atoms with Crippen LogP contribution < -0.4 is 5.32 Å². The third-order valence-electron chi connectivity index (χ3n) is 3.30. The highest BCUT2D eigenvalue weighted by Gasteiger charge is 2.10. The number of carbonyl (C=O) groups excluding carboxylic acids is 2. The minimum absolute atomic E-state index is 0.151. The highest BCUT2D eigenvalue weighted by Crippen LogP contribution is 2.11. The molecule has 1 atom stereocenters. The van der Waals surface area contributed by atoms with Gasteiger partial charge in [0.05, 0.1) is 6.04 Å². The molecule has 5 heteroatoms. The maximum atomic E-state index is 11.8. The molecule has 0 aliphatic heterocycles. The van der Waals surface area contributed by atoms with Crippen LogP contribution in [-0.2, 0) is 14.3 Å². The second-order valence-corrected chi connectivity index (χ2v) is 5.63. The SMILES string of the molecule is CC(NC(=O)COC(=O)C=Cc1ccc(Cl)cc1)c1ccccc1. The van der Waals surface area contributed by atoms with Crippen molar-refractivity contribution in [1.82, 2.24) is 5.32 Å². The third kappa shape index (κ3) is 5.89. The Labute approximate surface area is 146 Å². The fourth-order valence-corrected chi connectivity index (χ4v) is 2.16. The first-order valence-corrected chi connectivity index (χ1v) is 7.87. The number of hydrogen-bond acceptors (Lipinski definition) is 3. The van der Waals surface area contributed by atoms with Crippen LogP contribution in [0, 0.1) is 0 Å². The second kappa shape index (κ2) is 8.89. The van der Waals surface area contributed by atoms with E-state index < -0.39 is 5.97 Å². The molecule has 0 aliphatic rings.